The molecule has 6 nitrogen and oxygen atoms in total. The maximum atomic E-state index is 13.1. The summed E-state index contributed by atoms with van der Waals surface area (Å²) in [4.78, 5) is 29.6. The van der Waals surface area contributed by atoms with Gasteiger partial charge in [-0.05, 0) is 35.4 Å². The van der Waals surface area contributed by atoms with E-state index in [1.165, 1.54) is 17.2 Å². The zero-order valence-electron chi connectivity index (χ0n) is 16.8. The molecule has 4 rings (SSSR count). The van der Waals surface area contributed by atoms with Crippen LogP contribution in [0.2, 0.25) is 0 Å². The number of rotatable bonds is 6. The van der Waals surface area contributed by atoms with Crippen LogP contribution in [0.15, 0.2) is 88.7 Å². The Bertz CT molecular complexity index is 1080. The van der Waals surface area contributed by atoms with Crippen molar-refractivity contribution in [2.24, 2.45) is 0 Å². The number of aliphatic hydroxyl groups is 1. The molecule has 2 heterocycles. The lowest BCUT2D eigenvalue weighted by molar-refractivity contribution is -0.130. The lowest BCUT2D eigenvalue weighted by atomic mass is 9.94. The molecule has 1 N–H and O–H groups in total. The van der Waals surface area contributed by atoms with Gasteiger partial charge in [-0.1, -0.05) is 42.5 Å². The molecule has 0 saturated heterocycles. The van der Waals surface area contributed by atoms with Crippen LogP contribution in [-0.2, 0) is 11.3 Å². The van der Waals surface area contributed by atoms with Gasteiger partial charge in [0.05, 0.1) is 17.9 Å². The van der Waals surface area contributed by atoms with Crippen molar-refractivity contribution in [2.75, 3.05) is 19.0 Å². The molecule has 0 spiro atoms. The molecule has 152 valence electrons. The average molecular weight is 402 g/mol. The zero-order chi connectivity index (χ0) is 21.3. The fourth-order valence-corrected chi connectivity index (χ4v) is 3.67. The minimum absolute atomic E-state index is 0.0310. The number of hydrogen-bond donors (Lipinski definition) is 1. The predicted octanol–water partition coefficient (Wildman–Crippen LogP) is 4.12. The van der Waals surface area contributed by atoms with Crippen molar-refractivity contribution >= 4 is 17.4 Å². The number of ketones is 1. The quantitative estimate of drug-likeness (QED) is 0.628. The van der Waals surface area contributed by atoms with Crippen LogP contribution < -0.4 is 4.90 Å². The molecule has 6 heteroatoms. The fourth-order valence-electron chi connectivity index (χ4n) is 3.67. The average Bonchev–Trinajstić information content (AvgIpc) is 3.37. The Morgan fingerprint density at radius 1 is 1.03 bits per heavy atom. The summed E-state index contributed by atoms with van der Waals surface area (Å²) in [5, 5.41) is 10.7. The standard InChI is InChI=1S/C24H22N2O4/c1-25(2)18-12-10-17(11-13-18)21-20(22(27)19-9-6-14-30-19)23(28)24(29)26(21)15-16-7-4-3-5-8-16/h3-14,21,28H,15H2,1-2H3. The van der Waals surface area contributed by atoms with Crippen molar-refractivity contribution in [1.29, 1.82) is 0 Å². The highest BCUT2D eigenvalue weighted by Gasteiger charge is 2.44. The summed E-state index contributed by atoms with van der Waals surface area (Å²) < 4.78 is 5.25. The van der Waals surface area contributed by atoms with Crippen molar-refractivity contribution in [3.05, 3.63) is 101 Å². The number of nitrogens with zero attached hydrogens (tertiary/aromatic N) is 2. The van der Waals surface area contributed by atoms with Crippen LogP contribution in [0.3, 0.4) is 0 Å². The highest BCUT2D eigenvalue weighted by atomic mass is 16.3. The van der Waals surface area contributed by atoms with Gasteiger partial charge in [0.2, 0.25) is 5.78 Å². The molecule has 30 heavy (non-hydrogen) atoms. The smallest absolute Gasteiger partial charge is 0.290 e. The van der Waals surface area contributed by atoms with E-state index in [1.54, 1.807) is 6.07 Å². The van der Waals surface area contributed by atoms with Crippen LogP contribution in [0.4, 0.5) is 5.69 Å². The first-order chi connectivity index (χ1) is 14.5. The van der Waals surface area contributed by atoms with Gasteiger partial charge in [-0.3, -0.25) is 9.59 Å². The van der Waals surface area contributed by atoms with Crippen LogP contribution >= 0.6 is 0 Å². The van der Waals surface area contributed by atoms with Crippen LogP contribution in [0.25, 0.3) is 0 Å². The molecule has 2 aromatic carbocycles. The summed E-state index contributed by atoms with van der Waals surface area (Å²) in [6.45, 7) is 0.263. The predicted molar refractivity (Wildman–Crippen MR) is 113 cm³/mol. The SMILES string of the molecule is CN(C)c1ccc(C2C(C(=O)c3ccco3)=C(O)C(=O)N2Cc2ccccc2)cc1. The van der Waals surface area contributed by atoms with Crippen molar-refractivity contribution in [2.45, 2.75) is 12.6 Å². The summed E-state index contributed by atoms with van der Waals surface area (Å²) in [5.41, 5.74) is 2.66. The van der Waals surface area contributed by atoms with Gasteiger partial charge >= 0.3 is 0 Å². The van der Waals surface area contributed by atoms with Crippen LogP contribution in [-0.4, -0.2) is 35.8 Å². The molecule has 1 atom stereocenters. The van der Waals surface area contributed by atoms with Gasteiger partial charge in [0.15, 0.2) is 11.5 Å². The largest absolute Gasteiger partial charge is 0.503 e. The Balaban J connectivity index is 1.78. The third kappa shape index (κ3) is 3.48. The molecular weight excluding hydrogens is 380 g/mol. The van der Waals surface area contributed by atoms with E-state index in [9.17, 15) is 14.7 Å². The Morgan fingerprint density at radius 3 is 2.33 bits per heavy atom. The Kier molecular flexibility index (Phi) is 5.14. The monoisotopic (exact) mass is 402 g/mol. The molecule has 1 aliphatic heterocycles. The lowest BCUT2D eigenvalue weighted by Gasteiger charge is -2.27. The first-order valence-electron chi connectivity index (χ1n) is 9.61. The second-order valence-electron chi connectivity index (χ2n) is 7.38. The van der Waals surface area contributed by atoms with Crippen LogP contribution in [0, 0.1) is 0 Å². The van der Waals surface area contributed by atoms with E-state index in [4.69, 9.17) is 4.42 Å². The summed E-state index contributed by atoms with van der Waals surface area (Å²) in [6.07, 6.45) is 1.39. The number of anilines is 1. The van der Waals surface area contributed by atoms with E-state index in [0.29, 0.717) is 0 Å². The van der Waals surface area contributed by atoms with E-state index < -0.39 is 23.5 Å². The molecule has 0 saturated carbocycles. The van der Waals surface area contributed by atoms with Gasteiger partial charge in [-0.15, -0.1) is 0 Å². The van der Waals surface area contributed by atoms with Crippen molar-refractivity contribution in [1.82, 2.24) is 4.90 Å². The molecule has 0 fully saturated rings. The number of carbonyl (C=O) groups excluding carboxylic acids is 2. The van der Waals surface area contributed by atoms with Gasteiger partial charge in [-0.2, -0.15) is 0 Å². The summed E-state index contributed by atoms with van der Waals surface area (Å²) >= 11 is 0. The van der Waals surface area contributed by atoms with E-state index in [-0.39, 0.29) is 17.9 Å². The molecule has 1 unspecified atom stereocenters. The molecule has 1 aromatic heterocycles. The Labute approximate surface area is 174 Å². The van der Waals surface area contributed by atoms with Crippen molar-refractivity contribution in [3.8, 4) is 0 Å². The highest BCUT2D eigenvalue weighted by Crippen LogP contribution is 2.40. The van der Waals surface area contributed by atoms with Gasteiger partial charge in [0, 0.05) is 26.3 Å². The number of furan rings is 1. The third-order valence-electron chi connectivity index (χ3n) is 5.21. The molecule has 0 bridgehead atoms. The Morgan fingerprint density at radius 2 is 1.73 bits per heavy atom. The maximum absolute atomic E-state index is 13.1. The topological polar surface area (TPSA) is 74.0 Å². The number of benzene rings is 2. The third-order valence-corrected chi connectivity index (χ3v) is 5.21. The zero-order valence-corrected chi connectivity index (χ0v) is 16.8. The number of aliphatic hydroxyl groups excluding tert-OH is 1. The van der Waals surface area contributed by atoms with E-state index in [0.717, 1.165) is 16.8 Å². The number of hydrogen-bond acceptors (Lipinski definition) is 5. The second-order valence-corrected chi connectivity index (χ2v) is 7.38. The van der Waals surface area contributed by atoms with E-state index in [1.807, 2.05) is 73.6 Å². The van der Waals surface area contributed by atoms with Gasteiger partial charge < -0.3 is 19.3 Å². The molecule has 1 amide bonds. The number of amides is 1. The normalized spacial score (nSPS) is 16.3. The summed E-state index contributed by atoms with van der Waals surface area (Å²) in [6, 6.07) is 19.5. The first kappa shape index (κ1) is 19.5. The van der Waals surface area contributed by atoms with Crippen LogP contribution in [0.5, 0.6) is 0 Å². The molecule has 1 aliphatic rings. The minimum atomic E-state index is -0.716. The van der Waals surface area contributed by atoms with E-state index in [2.05, 4.69) is 0 Å². The molecule has 0 aliphatic carbocycles. The fraction of sp³-hybridized carbons (Fsp3) is 0.167. The van der Waals surface area contributed by atoms with Gasteiger partial charge in [0.1, 0.15) is 0 Å². The molecule has 0 radical (unpaired) electrons. The Hall–Kier alpha value is -3.80. The summed E-state index contributed by atoms with van der Waals surface area (Å²) in [5.74, 6) is -1.52. The number of carbonyl (C=O) groups is 2. The van der Waals surface area contributed by atoms with Crippen molar-refractivity contribution in [3.63, 3.8) is 0 Å². The summed E-state index contributed by atoms with van der Waals surface area (Å²) in [7, 11) is 3.88. The van der Waals surface area contributed by atoms with Gasteiger partial charge in [-0.25, -0.2) is 0 Å². The molecular formula is C24H22N2O4. The lowest BCUT2D eigenvalue weighted by Crippen LogP contribution is -2.30. The van der Waals surface area contributed by atoms with Crippen LogP contribution in [0.1, 0.15) is 27.7 Å². The second kappa shape index (κ2) is 7.91. The first-order valence-corrected chi connectivity index (χ1v) is 9.61. The van der Waals surface area contributed by atoms with E-state index >= 15 is 0 Å². The van der Waals surface area contributed by atoms with Gasteiger partial charge in [0.25, 0.3) is 5.91 Å². The highest BCUT2D eigenvalue weighted by molar-refractivity contribution is 6.15. The number of Topliss-reactive ketones (excluding diaryl/α,β-unsaturated/α-hetero) is 1. The maximum Gasteiger partial charge on any atom is 0.290 e. The minimum Gasteiger partial charge on any atom is -0.503 e. The molecule has 3 aromatic rings. The van der Waals surface area contributed by atoms with Crippen molar-refractivity contribution < 1.29 is 19.1 Å².